The Hall–Kier alpha value is -2.04. The van der Waals surface area contributed by atoms with Crippen LogP contribution in [0.4, 0.5) is 0 Å². The smallest absolute Gasteiger partial charge is 0.317 e. The quantitative estimate of drug-likeness (QED) is 0.586. The average Bonchev–Trinajstić information content (AvgIpc) is 2.38. The minimum Gasteiger partial charge on any atom is -0.493 e. The van der Waals surface area contributed by atoms with E-state index >= 15 is 0 Å². The molecule has 97 valence electrons. The molecule has 0 fully saturated rings. The normalized spacial score (nSPS) is 9.72. The van der Waals surface area contributed by atoms with Gasteiger partial charge in [-0.05, 0) is 17.7 Å². The highest BCUT2D eigenvalue weighted by Crippen LogP contribution is 2.27. The molecule has 1 aromatic carbocycles. The Morgan fingerprint density at radius 1 is 1.17 bits per heavy atom. The fraction of sp³-hybridized carbons (Fsp3) is 0.308. The SMILES string of the molecule is C[CH]C(=O)OC(=O)Cc1ccc(OC)c(OC)c1. The summed E-state index contributed by atoms with van der Waals surface area (Å²) in [4.78, 5) is 22.3. The molecular formula is C13H15O5. The van der Waals surface area contributed by atoms with E-state index in [4.69, 9.17) is 9.47 Å². The fourth-order valence-electron chi connectivity index (χ4n) is 1.36. The Kier molecular flexibility index (Phi) is 5.17. The monoisotopic (exact) mass is 251 g/mol. The van der Waals surface area contributed by atoms with Crippen molar-refractivity contribution in [3.8, 4) is 11.5 Å². The molecule has 0 heterocycles. The van der Waals surface area contributed by atoms with Crippen LogP contribution in [0.3, 0.4) is 0 Å². The van der Waals surface area contributed by atoms with E-state index in [1.165, 1.54) is 27.6 Å². The van der Waals surface area contributed by atoms with Crippen molar-refractivity contribution in [3.63, 3.8) is 0 Å². The van der Waals surface area contributed by atoms with Crippen LogP contribution in [0, 0.1) is 6.42 Å². The number of methoxy groups -OCH3 is 2. The van der Waals surface area contributed by atoms with Gasteiger partial charge in [-0.2, -0.15) is 0 Å². The minimum atomic E-state index is -0.652. The molecule has 0 amide bonds. The molecule has 1 aromatic rings. The molecule has 0 bridgehead atoms. The first kappa shape index (κ1) is 14.0. The lowest BCUT2D eigenvalue weighted by molar-refractivity contribution is -0.156. The molecule has 0 aliphatic heterocycles. The Bertz CT molecular complexity index is 439. The standard InChI is InChI=1S/C13H15O5/c1-4-12(14)18-13(15)8-9-5-6-10(16-2)11(7-9)17-3/h4-7H,8H2,1-3H3. The van der Waals surface area contributed by atoms with E-state index in [1.54, 1.807) is 18.2 Å². The first-order valence-corrected chi connectivity index (χ1v) is 5.35. The van der Waals surface area contributed by atoms with E-state index in [2.05, 4.69) is 4.74 Å². The Labute approximate surface area is 106 Å². The molecule has 0 saturated heterocycles. The zero-order valence-electron chi connectivity index (χ0n) is 10.6. The van der Waals surface area contributed by atoms with Crippen LogP contribution in [0.2, 0.25) is 0 Å². The van der Waals surface area contributed by atoms with Gasteiger partial charge in [0.25, 0.3) is 0 Å². The highest BCUT2D eigenvalue weighted by atomic mass is 16.6. The summed E-state index contributed by atoms with van der Waals surface area (Å²) in [5, 5.41) is 0. The Morgan fingerprint density at radius 2 is 1.83 bits per heavy atom. The molecule has 0 aromatic heterocycles. The summed E-state index contributed by atoms with van der Waals surface area (Å²) in [6.45, 7) is 1.51. The van der Waals surface area contributed by atoms with Gasteiger partial charge in [-0.15, -0.1) is 0 Å². The van der Waals surface area contributed by atoms with E-state index in [9.17, 15) is 9.59 Å². The third-order valence-electron chi connectivity index (χ3n) is 2.25. The molecular weight excluding hydrogens is 236 g/mol. The zero-order valence-corrected chi connectivity index (χ0v) is 10.6. The van der Waals surface area contributed by atoms with E-state index in [0.717, 1.165) is 0 Å². The van der Waals surface area contributed by atoms with Crippen LogP contribution in [0.25, 0.3) is 0 Å². The summed E-state index contributed by atoms with van der Waals surface area (Å²) in [5.74, 6) is -0.158. The summed E-state index contributed by atoms with van der Waals surface area (Å²) in [7, 11) is 3.04. The topological polar surface area (TPSA) is 61.8 Å². The van der Waals surface area contributed by atoms with Crippen LogP contribution in [0.5, 0.6) is 11.5 Å². The second-order valence-electron chi connectivity index (χ2n) is 3.45. The van der Waals surface area contributed by atoms with Gasteiger partial charge in [0, 0.05) is 0 Å². The van der Waals surface area contributed by atoms with Gasteiger partial charge in [0.2, 0.25) is 0 Å². The fourth-order valence-corrected chi connectivity index (χ4v) is 1.36. The molecule has 0 saturated carbocycles. The third-order valence-corrected chi connectivity index (χ3v) is 2.25. The second kappa shape index (κ2) is 6.64. The van der Waals surface area contributed by atoms with Crippen molar-refractivity contribution in [3.05, 3.63) is 30.2 Å². The second-order valence-corrected chi connectivity index (χ2v) is 3.45. The highest BCUT2D eigenvalue weighted by molar-refractivity contribution is 5.90. The van der Waals surface area contributed by atoms with Crippen LogP contribution in [-0.4, -0.2) is 26.2 Å². The van der Waals surface area contributed by atoms with E-state index in [0.29, 0.717) is 17.1 Å². The van der Waals surface area contributed by atoms with Gasteiger partial charge in [0.15, 0.2) is 11.5 Å². The van der Waals surface area contributed by atoms with Gasteiger partial charge in [-0.3, -0.25) is 9.59 Å². The molecule has 18 heavy (non-hydrogen) atoms. The van der Waals surface area contributed by atoms with Gasteiger partial charge < -0.3 is 14.2 Å². The number of carbonyl (C=O) groups is 2. The number of carbonyl (C=O) groups excluding carboxylic acids is 2. The Balaban J connectivity index is 2.73. The largest absolute Gasteiger partial charge is 0.493 e. The predicted octanol–water partition coefficient (Wildman–Crippen LogP) is 1.54. The molecule has 0 N–H and O–H groups in total. The van der Waals surface area contributed by atoms with Crippen molar-refractivity contribution in [1.82, 2.24) is 0 Å². The molecule has 0 atom stereocenters. The van der Waals surface area contributed by atoms with Crippen LogP contribution in [0.1, 0.15) is 12.5 Å². The lowest BCUT2D eigenvalue weighted by atomic mass is 10.1. The molecule has 0 aliphatic carbocycles. The van der Waals surface area contributed by atoms with Crippen molar-refractivity contribution in [1.29, 1.82) is 0 Å². The molecule has 1 rings (SSSR count). The van der Waals surface area contributed by atoms with Crippen LogP contribution in [-0.2, 0) is 20.7 Å². The zero-order chi connectivity index (χ0) is 13.5. The van der Waals surface area contributed by atoms with Crippen LogP contribution >= 0.6 is 0 Å². The Morgan fingerprint density at radius 3 is 2.39 bits per heavy atom. The van der Waals surface area contributed by atoms with Gasteiger partial charge in [-0.25, -0.2) is 0 Å². The number of hydrogen-bond donors (Lipinski definition) is 0. The minimum absolute atomic E-state index is 0.0000652. The molecule has 1 radical (unpaired) electrons. The predicted molar refractivity (Wildman–Crippen MR) is 64.3 cm³/mol. The summed E-state index contributed by atoms with van der Waals surface area (Å²) < 4.78 is 14.7. The van der Waals surface area contributed by atoms with Crippen molar-refractivity contribution < 1.29 is 23.8 Å². The number of hydrogen-bond acceptors (Lipinski definition) is 5. The lowest BCUT2D eigenvalue weighted by Gasteiger charge is -2.09. The number of esters is 2. The van der Waals surface area contributed by atoms with E-state index in [1.807, 2.05) is 0 Å². The van der Waals surface area contributed by atoms with Gasteiger partial charge >= 0.3 is 11.9 Å². The maximum absolute atomic E-state index is 11.4. The first-order chi connectivity index (χ1) is 8.60. The van der Waals surface area contributed by atoms with E-state index < -0.39 is 11.9 Å². The maximum Gasteiger partial charge on any atom is 0.317 e. The summed E-state index contributed by atoms with van der Waals surface area (Å²) in [6.07, 6.45) is 1.19. The third kappa shape index (κ3) is 3.76. The van der Waals surface area contributed by atoms with Gasteiger partial charge in [-0.1, -0.05) is 13.0 Å². The molecule has 0 unspecified atom stereocenters. The van der Waals surface area contributed by atoms with Crippen molar-refractivity contribution >= 4 is 11.9 Å². The van der Waals surface area contributed by atoms with Crippen molar-refractivity contribution in [2.75, 3.05) is 14.2 Å². The van der Waals surface area contributed by atoms with Crippen molar-refractivity contribution in [2.24, 2.45) is 0 Å². The summed E-state index contributed by atoms with van der Waals surface area (Å²) in [5.41, 5.74) is 0.682. The lowest BCUT2D eigenvalue weighted by Crippen LogP contribution is -2.13. The average molecular weight is 251 g/mol. The number of ether oxygens (including phenoxy) is 3. The molecule has 5 nitrogen and oxygen atoms in total. The van der Waals surface area contributed by atoms with Crippen LogP contribution < -0.4 is 9.47 Å². The first-order valence-electron chi connectivity index (χ1n) is 5.35. The summed E-state index contributed by atoms with van der Waals surface area (Å²) >= 11 is 0. The van der Waals surface area contributed by atoms with Gasteiger partial charge in [0.05, 0.1) is 27.1 Å². The highest BCUT2D eigenvalue weighted by Gasteiger charge is 2.11. The maximum atomic E-state index is 11.4. The summed E-state index contributed by atoms with van der Waals surface area (Å²) in [6, 6.07) is 5.07. The molecule has 5 heteroatoms. The number of benzene rings is 1. The molecule has 0 aliphatic rings. The van der Waals surface area contributed by atoms with Crippen molar-refractivity contribution in [2.45, 2.75) is 13.3 Å². The molecule has 0 spiro atoms. The van der Waals surface area contributed by atoms with Gasteiger partial charge in [0.1, 0.15) is 0 Å². The number of rotatable bonds is 5. The van der Waals surface area contributed by atoms with E-state index in [-0.39, 0.29) is 6.42 Å². The van der Waals surface area contributed by atoms with Crippen LogP contribution in [0.15, 0.2) is 18.2 Å².